The predicted octanol–water partition coefficient (Wildman–Crippen LogP) is 4.54. The van der Waals surface area contributed by atoms with Gasteiger partial charge in [-0.15, -0.1) is 16.4 Å². The summed E-state index contributed by atoms with van der Waals surface area (Å²) in [4.78, 5) is 19.5. The molecule has 32 heavy (non-hydrogen) atoms. The molecule has 0 spiro atoms. The third-order valence-corrected chi connectivity index (χ3v) is 6.92. The van der Waals surface area contributed by atoms with E-state index in [1.807, 2.05) is 17.7 Å². The van der Waals surface area contributed by atoms with Gasteiger partial charge in [0.15, 0.2) is 5.82 Å². The third kappa shape index (κ3) is 4.66. The Hall–Kier alpha value is -2.84. The van der Waals surface area contributed by atoms with Gasteiger partial charge in [-0.1, -0.05) is 24.6 Å². The average Bonchev–Trinajstić information content (AvgIpc) is 3.41. The normalized spacial score (nSPS) is 12.2. The highest BCUT2D eigenvalue weighted by Crippen LogP contribution is 2.23. The van der Waals surface area contributed by atoms with Crippen LogP contribution < -0.4 is 5.56 Å². The van der Waals surface area contributed by atoms with Crippen molar-refractivity contribution in [2.75, 3.05) is 0 Å². The Kier molecular flexibility index (Phi) is 6.26. The zero-order valence-electron chi connectivity index (χ0n) is 19.3. The van der Waals surface area contributed by atoms with Gasteiger partial charge in [-0.05, 0) is 79.1 Å². The fourth-order valence-electron chi connectivity index (χ4n) is 4.01. The molecule has 3 aromatic heterocycles. The summed E-state index contributed by atoms with van der Waals surface area (Å²) in [5.74, 6) is 0.803. The molecule has 0 aliphatic carbocycles. The highest BCUT2D eigenvalue weighted by molar-refractivity contribution is 7.09. The molecule has 0 saturated heterocycles. The SMILES string of the molecule is CCC(C)(C)n1nnnc1CN(Cc1cccs1)Cc1cc2cc(C)cc(C)c2[nH]c1=O. The molecule has 1 aromatic carbocycles. The van der Waals surface area contributed by atoms with Crippen molar-refractivity contribution in [1.29, 1.82) is 0 Å². The first-order valence-corrected chi connectivity index (χ1v) is 11.8. The molecule has 7 nitrogen and oxygen atoms in total. The lowest BCUT2D eigenvalue weighted by Gasteiger charge is -2.26. The van der Waals surface area contributed by atoms with E-state index in [9.17, 15) is 4.79 Å². The molecule has 4 aromatic rings. The second-order valence-corrected chi connectivity index (χ2v) is 10.1. The van der Waals surface area contributed by atoms with Crippen molar-refractivity contribution >= 4 is 22.2 Å². The van der Waals surface area contributed by atoms with Gasteiger partial charge in [0.1, 0.15) is 0 Å². The lowest BCUT2D eigenvalue weighted by atomic mass is 10.0. The van der Waals surface area contributed by atoms with E-state index in [0.29, 0.717) is 13.1 Å². The zero-order chi connectivity index (χ0) is 22.9. The van der Waals surface area contributed by atoms with E-state index in [-0.39, 0.29) is 11.1 Å². The molecule has 0 atom stereocenters. The Bertz CT molecular complexity index is 1270. The second kappa shape index (κ2) is 8.96. The van der Waals surface area contributed by atoms with E-state index in [2.05, 4.69) is 82.7 Å². The molecule has 0 unspecified atom stereocenters. The van der Waals surface area contributed by atoms with Gasteiger partial charge in [-0.25, -0.2) is 4.68 Å². The number of aromatic nitrogens is 5. The van der Waals surface area contributed by atoms with Crippen molar-refractivity contribution in [2.24, 2.45) is 0 Å². The quantitative estimate of drug-likeness (QED) is 0.426. The number of pyridine rings is 1. The Morgan fingerprint density at radius 2 is 1.97 bits per heavy atom. The van der Waals surface area contributed by atoms with Gasteiger partial charge in [-0.2, -0.15) is 0 Å². The number of hydrogen-bond donors (Lipinski definition) is 1. The molecule has 0 bridgehead atoms. The van der Waals surface area contributed by atoms with Gasteiger partial charge in [0.05, 0.1) is 17.6 Å². The van der Waals surface area contributed by atoms with Gasteiger partial charge in [0, 0.05) is 23.5 Å². The summed E-state index contributed by atoms with van der Waals surface area (Å²) in [6, 6.07) is 10.4. The minimum atomic E-state index is -0.178. The largest absolute Gasteiger partial charge is 0.321 e. The van der Waals surface area contributed by atoms with Crippen molar-refractivity contribution in [3.63, 3.8) is 0 Å². The molecular formula is C24H30N6OS. The average molecular weight is 451 g/mol. The lowest BCUT2D eigenvalue weighted by Crippen LogP contribution is -2.32. The van der Waals surface area contributed by atoms with Crippen LogP contribution in [0, 0.1) is 13.8 Å². The molecule has 0 amide bonds. The Labute approximate surface area is 192 Å². The van der Waals surface area contributed by atoms with Crippen molar-refractivity contribution in [3.8, 4) is 0 Å². The molecule has 1 N–H and O–H groups in total. The summed E-state index contributed by atoms with van der Waals surface area (Å²) in [5.41, 5.74) is 3.69. The molecule has 3 heterocycles. The Balaban J connectivity index is 1.69. The number of aryl methyl sites for hydroxylation is 2. The van der Waals surface area contributed by atoms with Crippen molar-refractivity contribution < 1.29 is 0 Å². The monoisotopic (exact) mass is 450 g/mol. The van der Waals surface area contributed by atoms with Crippen LogP contribution in [0.4, 0.5) is 0 Å². The van der Waals surface area contributed by atoms with Gasteiger partial charge in [0.2, 0.25) is 0 Å². The molecule has 0 aliphatic rings. The summed E-state index contributed by atoms with van der Waals surface area (Å²) in [6.45, 7) is 12.3. The first kappa shape index (κ1) is 22.4. The number of fused-ring (bicyclic) bond motifs is 1. The van der Waals surface area contributed by atoms with Crippen LogP contribution in [0.25, 0.3) is 10.9 Å². The number of thiophene rings is 1. The van der Waals surface area contributed by atoms with Crippen LogP contribution >= 0.6 is 11.3 Å². The maximum atomic E-state index is 13.0. The fourth-order valence-corrected chi connectivity index (χ4v) is 4.75. The highest BCUT2D eigenvalue weighted by atomic mass is 32.1. The van der Waals surface area contributed by atoms with Crippen LogP contribution in [-0.4, -0.2) is 30.1 Å². The molecule has 8 heteroatoms. The van der Waals surface area contributed by atoms with Crippen LogP contribution in [0.15, 0.2) is 40.5 Å². The molecule has 4 rings (SSSR count). The first-order chi connectivity index (χ1) is 15.3. The molecule has 0 aliphatic heterocycles. The fraction of sp³-hybridized carbons (Fsp3) is 0.417. The second-order valence-electron chi connectivity index (χ2n) is 9.07. The summed E-state index contributed by atoms with van der Waals surface area (Å²) >= 11 is 1.71. The number of aromatic amines is 1. The van der Waals surface area contributed by atoms with E-state index in [1.54, 1.807) is 11.3 Å². The summed E-state index contributed by atoms with van der Waals surface area (Å²) < 4.78 is 1.91. The summed E-state index contributed by atoms with van der Waals surface area (Å²) in [5, 5.41) is 15.6. The van der Waals surface area contributed by atoms with Crippen LogP contribution in [0.1, 0.15) is 54.6 Å². The number of hydrogen-bond acceptors (Lipinski definition) is 6. The van der Waals surface area contributed by atoms with E-state index >= 15 is 0 Å². The van der Waals surface area contributed by atoms with Crippen LogP contribution in [0.5, 0.6) is 0 Å². The Morgan fingerprint density at radius 1 is 1.16 bits per heavy atom. The molecular weight excluding hydrogens is 420 g/mol. The van der Waals surface area contributed by atoms with Gasteiger partial charge in [0.25, 0.3) is 5.56 Å². The van der Waals surface area contributed by atoms with Gasteiger partial charge >= 0.3 is 0 Å². The molecule has 0 fully saturated rings. The number of rotatable bonds is 8. The standard InChI is InChI=1S/C24H30N6OS/c1-6-24(4,5)30-21(26-27-28-30)15-29(14-20-8-7-9-32-20)13-19-12-18-11-16(2)10-17(3)22(18)25-23(19)31/h7-12H,6,13-15H2,1-5H3,(H,25,31). The van der Waals surface area contributed by atoms with E-state index in [0.717, 1.165) is 40.8 Å². The number of nitrogens with zero attached hydrogens (tertiary/aromatic N) is 5. The van der Waals surface area contributed by atoms with Crippen LogP contribution in [0.3, 0.4) is 0 Å². The molecule has 0 radical (unpaired) electrons. The first-order valence-electron chi connectivity index (χ1n) is 10.9. The topological polar surface area (TPSA) is 79.7 Å². The predicted molar refractivity (Wildman–Crippen MR) is 129 cm³/mol. The van der Waals surface area contributed by atoms with Crippen molar-refractivity contribution in [3.05, 3.63) is 73.5 Å². The number of H-pyrrole nitrogens is 1. The van der Waals surface area contributed by atoms with E-state index in [4.69, 9.17) is 0 Å². The van der Waals surface area contributed by atoms with Crippen molar-refractivity contribution in [2.45, 2.75) is 66.2 Å². The van der Waals surface area contributed by atoms with Gasteiger partial charge in [-0.3, -0.25) is 9.69 Å². The minimum absolute atomic E-state index is 0.0471. The number of tetrazole rings is 1. The van der Waals surface area contributed by atoms with Crippen molar-refractivity contribution in [1.82, 2.24) is 30.1 Å². The lowest BCUT2D eigenvalue weighted by molar-refractivity contribution is 0.218. The summed E-state index contributed by atoms with van der Waals surface area (Å²) in [6.07, 6.45) is 0.916. The highest BCUT2D eigenvalue weighted by Gasteiger charge is 2.25. The van der Waals surface area contributed by atoms with Gasteiger partial charge < -0.3 is 4.98 Å². The van der Waals surface area contributed by atoms with Crippen LogP contribution in [-0.2, 0) is 25.2 Å². The third-order valence-electron chi connectivity index (χ3n) is 6.06. The van der Waals surface area contributed by atoms with Crippen LogP contribution in [0.2, 0.25) is 0 Å². The van der Waals surface area contributed by atoms with E-state index < -0.39 is 0 Å². The maximum Gasteiger partial charge on any atom is 0.252 e. The number of nitrogens with one attached hydrogen (secondary N) is 1. The number of benzene rings is 1. The smallest absolute Gasteiger partial charge is 0.252 e. The maximum absolute atomic E-state index is 13.0. The Morgan fingerprint density at radius 3 is 2.69 bits per heavy atom. The zero-order valence-corrected chi connectivity index (χ0v) is 20.2. The minimum Gasteiger partial charge on any atom is -0.321 e. The molecule has 168 valence electrons. The summed E-state index contributed by atoms with van der Waals surface area (Å²) in [7, 11) is 0. The van der Waals surface area contributed by atoms with E-state index in [1.165, 1.54) is 10.4 Å². The molecule has 0 saturated carbocycles.